The normalized spacial score (nSPS) is 21.6. The van der Waals surface area contributed by atoms with Crippen molar-refractivity contribution in [2.75, 3.05) is 6.61 Å². The van der Waals surface area contributed by atoms with E-state index in [0.29, 0.717) is 22.0 Å². The molecule has 1 aromatic heterocycles. The SMILES string of the molecule is FC(F)(F)C1=CCc2cc3c(cnn3C3CCCCO3)c(Br)c21. The molecule has 1 saturated heterocycles. The van der Waals surface area contributed by atoms with Crippen LogP contribution in [0.5, 0.6) is 0 Å². The Kier molecular flexibility index (Phi) is 3.53. The fourth-order valence-corrected chi connectivity index (χ4v) is 4.14. The lowest BCUT2D eigenvalue weighted by Gasteiger charge is -2.23. The quantitative estimate of drug-likeness (QED) is 0.689. The molecule has 2 aliphatic rings. The fraction of sp³-hybridized carbons (Fsp3) is 0.438. The summed E-state index contributed by atoms with van der Waals surface area (Å²) < 4.78 is 47.6. The highest BCUT2D eigenvalue weighted by Gasteiger charge is 2.39. The number of hydrogen-bond donors (Lipinski definition) is 0. The Hall–Kier alpha value is -1.34. The summed E-state index contributed by atoms with van der Waals surface area (Å²) in [6, 6.07) is 1.82. The molecule has 0 amide bonds. The lowest BCUT2D eigenvalue weighted by molar-refractivity contribution is -0.0688. The molecule has 2 aromatic rings. The molecule has 23 heavy (non-hydrogen) atoms. The first-order valence-electron chi connectivity index (χ1n) is 7.55. The van der Waals surface area contributed by atoms with E-state index in [0.717, 1.165) is 24.8 Å². The molecule has 1 unspecified atom stereocenters. The van der Waals surface area contributed by atoms with Crippen molar-refractivity contribution >= 4 is 32.4 Å². The van der Waals surface area contributed by atoms with Crippen molar-refractivity contribution in [3.63, 3.8) is 0 Å². The van der Waals surface area contributed by atoms with E-state index >= 15 is 0 Å². The maximum atomic E-state index is 13.2. The molecule has 0 radical (unpaired) electrons. The van der Waals surface area contributed by atoms with E-state index in [1.54, 1.807) is 10.9 Å². The van der Waals surface area contributed by atoms with Crippen LogP contribution in [-0.4, -0.2) is 22.6 Å². The monoisotopic (exact) mass is 386 g/mol. The molecular formula is C16H14BrF3N2O. The highest BCUT2D eigenvalue weighted by molar-refractivity contribution is 9.10. The second kappa shape index (κ2) is 5.34. The molecule has 3 nitrogen and oxygen atoms in total. The third-order valence-corrected chi connectivity index (χ3v) is 5.27. The van der Waals surface area contributed by atoms with E-state index in [1.165, 1.54) is 6.08 Å². The highest BCUT2D eigenvalue weighted by atomic mass is 79.9. The number of rotatable bonds is 1. The second-order valence-corrected chi connectivity index (χ2v) is 6.68. The van der Waals surface area contributed by atoms with Crippen molar-refractivity contribution in [2.24, 2.45) is 0 Å². The summed E-state index contributed by atoms with van der Waals surface area (Å²) in [6.07, 6.45) is 1.65. The Bertz CT molecular complexity index is 804. The minimum Gasteiger partial charge on any atom is -0.356 e. The van der Waals surface area contributed by atoms with Crippen molar-refractivity contribution < 1.29 is 17.9 Å². The minimum absolute atomic E-state index is 0.136. The van der Waals surface area contributed by atoms with Gasteiger partial charge in [-0.15, -0.1) is 0 Å². The largest absolute Gasteiger partial charge is 0.416 e. The summed E-state index contributed by atoms with van der Waals surface area (Å²) in [5.74, 6) is 0. The molecule has 1 aromatic carbocycles. The van der Waals surface area contributed by atoms with E-state index < -0.39 is 11.7 Å². The number of allylic oxidation sites excluding steroid dienone is 2. The molecule has 0 N–H and O–H groups in total. The average Bonchev–Trinajstić information content (AvgIpc) is 3.12. The third-order valence-electron chi connectivity index (χ3n) is 4.45. The first kappa shape index (κ1) is 15.2. The second-order valence-electron chi connectivity index (χ2n) is 5.89. The molecule has 1 aliphatic carbocycles. The van der Waals surface area contributed by atoms with Gasteiger partial charge in [-0.2, -0.15) is 18.3 Å². The van der Waals surface area contributed by atoms with Gasteiger partial charge in [0.1, 0.15) is 0 Å². The van der Waals surface area contributed by atoms with Crippen LogP contribution in [0, 0.1) is 0 Å². The predicted molar refractivity (Wildman–Crippen MR) is 84.0 cm³/mol. The molecule has 1 aliphatic heterocycles. The van der Waals surface area contributed by atoms with Crippen molar-refractivity contribution in [3.05, 3.63) is 33.9 Å². The van der Waals surface area contributed by atoms with Crippen molar-refractivity contribution in [2.45, 2.75) is 38.1 Å². The van der Waals surface area contributed by atoms with Gasteiger partial charge in [0.25, 0.3) is 0 Å². The Morgan fingerprint density at radius 2 is 2.13 bits per heavy atom. The minimum atomic E-state index is -4.34. The standard InChI is InChI=1S/C16H14BrF3N2O/c17-15-10-8-21-22(13-3-1-2-6-23-13)12(10)7-9-4-5-11(14(9)15)16(18,19)20/h5,7-8,13H,1-4,6H2. The summed E-state index contributed by atoms with van der Waals surface area (Å²) in [6.45, 7) is 0.692. The topological polar surface area (TPSA) is 27.1 Å². The number of aromatic nitrogens is 2. The number of ether oxygens (including phenoxy) is 1. The van der Waals surface area contributed by atoms with Gasteiger partial charge >= 0.3 is 6.18 Å². The molecular weight excluding hydrogens is 373 g/mol. The summed E-state index contributed by atoms with van der Waals surface area (Å²) in [5, 5.41) is 5.06. The highest BCUT2D eigenvalue weighted by Crippen LogP contribution is 2.46. The van der Waals surface area contributed by atoms with Crippen molar-refractivity contribution in [1.29, 1.82) is 0 Å². The van der Waals surface area contributed by atoms with Gasteiger partial charge in [-0.3, -0.25) is 0 Å². The van der Waals surface area contributed by atoms with Gasteiger partial charge in [-0.1, -0.05) is 6.08 Å². The van der Waals surface area contributed by atoms with Crippen LogP contribution in [0.2, 0.25) is 0 Å². The Balaban J connectivity index is 1.85. The smallest absolute Gasteiger partial charge is 0.356 e. The van der Waals surface area contributed by atoms with Gasteiger partial charge < -0.3 is 4.74 Å². The van der Waals surface area contributed by atoms with E-state index in [4.69, 9.17) is 4.74 Å². The maximum absolute atomic E-state index is 13.2. The average molecular weight is 387 g/mol. The number of nitrogens with zero attached hydrogens (tertiary/aromatic N) is 2. The van der Waals surface area contributed by atoms with Crippen LogP contribution in [0.15, 0.2) is 22.8 Å². The number of hydrogen-bond acceptors (Lipinski definition) is 2. The first-order valence-corrected chi connectivity index (χ1v) is 8.34. The molecule has 1 fully saturated rings. The van der Waals surface area contributed by atoms with Crippen LogP contribution in [0.1, 0.15) is 36.6 Å². The van der Waals surface area contributed by atoms with Gasteiger partial charge in [0, 0.05) is 22.0 Å². The Labute approximate surface area is 139 Å². The fourth-order valence-electron chi connectivity index (χ4n) is 3.37. The van der Waals surface area contributed by atoms with Crippen LogP contribution in [0.25, 0.3) is 16.5 Å². The van der Waals surface area contributed by atoms with Crippen LogP contribution in [-0.2, 0) is 11.2 Å². The van der Waals surface area contributed by atoms with Gasteiger partial charge in [0.05, 0.1) is 17.3 Å². The Morgan fingerprint density at radius 1 is 1.30 bits per heavy atom. The molecule has 2 heterocycles. The van der Waals surface area contributed by atoms with Crippen molar-refractivity contribution in [1.82, 2.24) is 9.78 Å². The first-order chi connectivity index (χ1) is 11.0. The summed E-state index contributed by atoms with van der Waals surface area (Å²) >= 11 is 3.37. The van der Waals surface area contributed by atoms with E-state index in [1.807, 2.05) is 6.07 Å². The summed E-state index contributed by atoms with van der Waals surface area (Å²) in [7, 11) is 0. The summed E-state index contributed by atoms with van der Waals surface area (Å²) in [5.41, 5.74) is 1.17. The lowest BCUT2D eigenvalue weighted by atomic mass is 10.0. The maximum Gasteiger partial charge on any atom is 0.416 e. The van der Waals surface area contributed by atoms with Crippen LogP contribution in [0.4, 0.5) is 13.2 Å². The number of benzene rings is 1. The molecule has 0 saturated carbocycles. The number of fused-ring (bicyclic) bond motifs is 2. The molecule has 0 spiro atoms. The summed E-state index contributed by atoms with van der Waals surface area (Å²) in [4.78, 5) is 0. The molecule has 7 heteroatoms. The third kappa shape index (κ3) is 2.41. The molecule has 0 bridgehead atoms. The van der Waals surface area contributed by atoms with Gasteiger partial charge in [-0.25, -0.2) is 4.68 Å². The van der Waals surface area contributed by atoms with E-state index in [2.05, 4.69) is 21.0 Å². The molecule has 1 atom stereocenters. The van der Waals surface area contributed by atoms with Crippen LogP contribution >= 0.6 is 15.9 Å². The zero-order chi connectivity index (χ0) is 16.2. The van der Waals surface area contributed by atoms with Gasteiger partial charge in [0.2, 0.25) is 0 Å². The molecule has 4 rings (SSSR count). The van der Waals surface area contributed by atoms with Gasteiger partial charge in [0.15, 0.2) is 6.23 Å². The van der Waals surface area contributed by atoms with E-state index in [9.17, 15) is 13.2 Å². The van der Waals surface area contributed by atoms with Crippen molar-refractivity contribution in [3.8, 4) is 0 Å². The van der Waals surface area contributed by atoms with Crippen LogP contribution in [0.3, 0.4) is 0 Å². The number of halogens is 4. The Morgan fingerprint density at radius 3 is 2.83 bits per heavy atom. The van der Waals surface area contributed by atoms with Gasteiger partial charge in [-0.05, 0) is 53.2 Å². The predicted octanol–water partition coefficient (Wildman–Crippen LogP) is 5.00. The zero-order valence-corrected chi connectivity index (χ0v) is 13.7. The number of alkyl halides is 3. The lowest BCUT2D eigenvalue weighted by Crippen LogP contribution is -2.19. The zero-order valence-electron chi connectivity index (χ0n) is 12.2. The van der Waals surface area contributed by atoms with E-state index in [-0.39, 0.29) is 18.2 Å². The molecule has 122 valence electrons. The van der Waals surface area contributed by atoms with Crippen LogP contribution < -0.4 is 0 Å².